The molecule has 1 saturated heterocycles. The molecule has 1 spiro atoms. The summed E-state index contributed by atoms with van der Waals surface area (Å²) in [6.07, 6.45) is 1.17. The molecule has 0 radical (unpaired) electrons. The van der Waals surface area contributed by atoms with Gasteiger partial charge in [0.2, 0.25) is 5.91 Å². The molecular weight excluding hydrogens is 536 g/mol. The predicted molar refractivity (Wildman–Crippen MR) is 146 cm³/mol. The molecule has 0 bridgehead atoms. The number of carbonyl (C=O) groups is 2. The Morgan fingerprint density at radius 2 is 2.05 bits per heavy atom. The number of ether oxygens (including phenoxy) is 3. The van der Waals surface area contributed by atoms with E-state index >= 15 is 0 Å². The zero-order valence-corrected chi connectivity index (χ0v) is 22.8. The summed E-state index contributed by atoms with van der Waals surface area (Å²) in [5.74, 6) is 0.633. The normalized spacial score (nSPS) is 21.9. The van der Waals surface area contributed by atoms with Gasteiger partial charge < -0.3 is 24.4 Å². The van der Waals surface area contributed by atoms with Gasteiger partial charge in [-0.15, -0.1) is 0 Å². The van der Waals surface area contributed by atoms with Crippen molar-refractivity contribution in [3.63, 3.8) is 0 Å². The number of rotatable bonds is 6. The van der Waals surface area contributed by atoms with Crippen molar-refractivity contribution in [3.05, 3.63) is 64.6 Å². The average molecular weight is 567 g/mol. The Labute approximate surface area is 225 Å². The van der Waals surface area contributed by atoms with Gasteiger partial charge >= 0.3 is 0 Å². The summed E-state index contributed by atoms with van der Waals surface area (Å²) in [5, 5.41) is 5.05. The van der Waals surface area contributed by atoms with E-state index in [1.807, 2.05) is 68.4 Å². The van der Waals surface area contributed by atoms with Crippen molar-refractivity contribution in [1.29, 1.82) is 0 Å². The molecule has 3 aromatic carbocycles. The summed E-state index contributed by atoms with van der Waals surface area (Å²) < 4.78 is 19.0. The van der Waals surface area contributed by atoms with Crippen LogP contribution in [0.25, 0.3) is 10.8 Å². The Morgan fingerprint density at radius 3 is 2.78 bits per heavy atom. The Bertz CT molecular complexity index is 1340. The zero-order valence-electron chi connectivity index (χ0n) is 21.3. The van der Waals surface area contributed by atoms with E-state index in [1.165, 1.54) is 0 Å². The van der Waals surface area contributed by atoms with Gasteiger partial charge in [-0.3, -0.25) is 9.59 Å². The van der Waals surface area contributed by atoms with Gasteiger partial charge in [0.25, 0.3) is 5.91 Å². The summed E-state index contributed by atoms with van der Waals surface area (Å²) in [7, 11) is 1.63. The molecule has 0 aliphatic carbocycles. The van der Waals surface area contributed by atoms with Crippen molar-refractivity contribution in [2.45, 2.75) is 44.9 Å². The standard InChI is InChI=1S/C29H31BrN2O5/c1-4-18(2)27(33)31-26-28(34)32(23-7-5-6-8-25(23)37-29(26)13-14-36-17-29)16-22-21-11-10-20(30)15-19(21)9-12-24(22)35-3/h5-12,15,18,26H,4,13-14,16-17H2,1-3H3,(H,31,33)/t18-,26+,29+/m1/s1. The van der Waals surface area contributed by atoms with Crippen LogP contribution in [0.3, 0.4) is 0 Å². The van der Waals surface area contributed by atoms with E-state index in [4.69, 9.17) is 14.2 Å². The van der Waals surface area contributed by atoms with E-state index in [9.17, 15) is 9.59 Å². The lowest BCUT2D eigenvalue weighted by Crippen LogP contribution is -2.63. The SMILES string of the molecule is CC[C@@H](C)C(=O)N[C@H]1C(=O)N(Cc2c(OC)ccc3cc(Br)ccc23)c2ccccc2O[C@]12CCOC2. The third kappa shape index (κ3) is 4.68. The van der Waals surface area contributed by atoms with Gasteiger partial charge in [-0.05, 0) is 47.5 Å². The molecule has 0 aromatic heterocycles. The lowest BCUT2D eigenvalue weighted by Gasteiger charge is -2.35. The summed E-state index contributed by atoms with van der Waals surface area (Å²) in [6.45, 7) is 4.74. The van der Waals surface area contributed by atoms with Crippen molar-refractivity contribution >= 4 is 44.2 Å². The van der Waals surface area contributed by atoms with Gasteiger partial charge in [-0.25, -0.2) is 0 Å². The minimum absolute atomic E-state index is 0.172. The number of halogens is 1. The molecule has 1 fully saturated rings. The van der Waals surface area contributed by atoms with Crippen LogP contribution >= 0.6 is 15.9 Å². The van der Waals surface area contributed by atoms with Crippen molar-refractivity contribution < 1.29 is 23.8 Å². The molecule has 3 atom stereocenters. The molecule has 8 heteroatoms. The minimum Gasteiger partial charge on any atom is -0.496 e. The van der Waals surface area contributed by atoms with Gasteiger partial charge in [0.15, 0.2) is 11.6 Å². The van der Waals surface area contributed by atoms with Crippen molar-refractivity contribution in [2.24, 2.45) is 5.92 Å². The number of para-hydroxylation sites is 2. The second kappa shape index (κ2) is 10.3. The van der Waals surface area contributed by atoms with Crippen molar-refractivity contribution in [3.8, 4) is 11.5 Å². The smallest absolute Gasteiger partial charge is 0.254 e. The fourth-order valence-corrected chi connectivity index (χ4v) is 5.48. The number of carbonyl (C=O) groups excluding carboxylic acids is 2. The monoisotopic (exact) mass is 566 g/mol. The molecule has 5 rings (SSSR count). The summed E-state index contributed by atoms with van der Waals surface area (Å²) in [5.41, 5.74) is 0.537. The molecule has 37 heavy (non-hydrogen) atoms. The number of benzene rings is 3. The van der Waals surface area contributed by atoms with Crippen molar-refractivity contribution in [1.82, 2.24) is 5.32 Å². The quantitative estimate of drug-likeness (QED) is 0.442. The van der Waals surface area contributed by atoms with Gasteiger partial charge in [0, 0.05) is 22.4 Å². The highest BCUT2D eigenvalue weighted by molar-refractivity contribution is 9.10. The number of nitrogens with one attached hydrogen (secondary N) is 1. The lowest BCUT2D eigenvalue weighted by molar-refractivity contribution is -0.134. The predicted octanol–water partition coefficient (Wildman–Crippen LogP) is 5.23. The van der Waals surface area contributed by atoms with Crippen LogP contribution in [0.1, 0.15) is 32.3 Å². The fraction of sp³-hybridized carbons (Fsp3) is 0.379. The van der Waals surface area contributed by atoms with E-state index in [0.717, 1.165) is 20.8 Å². The minimum atomic E-state index is -0.987. The van der Waals surface area contributed by atoms with E-state index in [2.05, 4.69) is 21.2 Å². The van der Waals surface area contributed by atoms with E-state index in [1.54, 1.807) is 12.0 Å². The van der Waals surface area contributed by atoms with E-state index in [-0.39, 0.29) is 30.9 Å². The molecule has 7 nitrogen and oxygen atoms in total. The molecule has 1 N–H and O–H groups in total. The molecule has 194 valence electrons. The maximum atomic E-state index is 14.4. The Morgan fingerprint density at radius 1 is 1.24 bits per heavy atom. The number of amides is 2. The number of hydrogen-bond donors (Lipinski definition) is 1. The van der Waals surface area contributed by atoms with E-state index in [0.29, 0.717) is 36.6 Å². The molecule has 2 amide bonds. The molecule has 3 aromatic rings. The molecular formula is C29H31BrN2O5. The number of fused-ring (bicyclic) bond motifs is 2. The third-order valence-electron chi connectivity index (χ3n) is 7.46. The van der Waals surface area contributed by atoms with Crippen LogP contribution < -0.4 is 19.7 Å². The highest BCUT2D eigenvalue weighted by Gasteiger charge is 2.53. The second-order valence-corrected chi connectivity index (χ2v) is 10.6. The lowest BCUT2D eigenvalue weighted by atomic mass is 9.90. The zero-order chi connectivity index (χ0) is 26.2. The Kier molecular flexibility index (Phi) is 7.14. The van der Waals surface area contributed by atoms with Gasteiger partial charge in [0.1, 0.15) is 11.5 Å². The largest absolute Gasteiger partial charge is 0.496 e. The number of anilines is 1. The second-order valence-electron chi connectivity index (χ2n) is 9.72. The fourth-order valence-electron chi connectivity index (χ4n) is 5.10. The van der Waals surface area contributed by atoms with Crippen LogP contribution in [-0.4, -0.2) is 43.8 Å². The molecule has 0 unspecified atom stereocenters. The first-order valence-electron chi connectivity index (χ1n) is 12.6. The average Bonchev–Trinajstić information content (AvgIpc) is 3.35. The summed E-state index contributed by atoms with van der Waals surface area (Å²) >= 11 is 3.55. The highest BCUT2D eigenvalue weighted by atomic mass is 79.9. The van der Waals surface area contributed by atoms with Crippen LogP contribution in [0.2, 0.25) is 0 Å². The van der Waals surface area contributed by atoms with Gasteiger partial charge in [-0.2, -0.15) is 0 Å². The Hall–Kier alpha value is -3.10. The van der Waals surface area contributed by atoms with E-state index < -0.39 is 11.6 Å². The first-order valence-corrected chi connectivity index (χ1v) is 13.4. The number of hydrogen-bond acceptors (Lipinski definition) is 5. The van der Waals surface area contributed by atoms with Crippen LogP contribution in [0.15, 0.2) is 59.1 Å². The maximum Gasteiger partial charge on any atom is 0.254 e. The van der Waals surface area contributed by atoms with Crippen molar-refractivity contribution in [2.75, 3.05) is 25.2 Å². The molecule has 2 aliphatic heterocycles. The number of methoxy groups -OCH3 is 1. The Balaban J connectivity index is 1.64. The van der Waals surface area contributed by atoms with Crippen LogP contribution in [0.4, 0.5) is 5.69 Å². The first kappa shape index (κ1) is 25.5. The van der Waals surface area contributed by atoms with Gasteiger partial charge in [0.05, 0.1) is 32.6 Å². The van der Waals surface area contributed by atoms with Crippen LogP contribution in [-0.2, 0) is 20.9 Å². The van der Waals surface area contributed by atoms with Crippen LogP contribution in [0.5, 0.6) is 11.5 Å². The third-order valence-corrected chi connectivity index (χ3v) is 7.95. The first-order chi connectivity index (χ1) is 17.9. The molecule has 2 aliphatic rings. The molecule has 2 heterocycles. The summed E-state index contributed by atoms with van der Waals surface area (Å²) in [6, 6.07) is 16.6. The topological polar surface area (TPSA) is 77.1 Å². The summed E-state index contributed by atoms with van der Waals surface area (Å²) in [4.78, 5) is 29.2. The van der Waals surface area contributed by atoms with Gasteiger partial charge in [-0.1, -0.05) is 54.0 Å². The maximum absolute atomic E-state index is 14.4. The molecule has 0 saturated carbocycles. The van der Waals surface area contributed by atoms with Crippen LogP contribution in [0, 0.1) is 5.92 Å². The number of nitrogens with zero attached hydrogens (tertiary/aromatic N) is 1. The highest BCUT2D eigenvalue weighted by Crippen LogP contribution is 2.42.